The smallest absolute Gasteiger partial charge is 0.0563 e. The van der Waals surface area contributed by atoms with Crippen LogP contribution in [0.25, 0.3) is 0 Å². The number of allylic oxidation sites excluding steroid dienone is 1. The molecule has 2 N–H and O–H groups in total. The third-order valence-corrected chi connectivity index (χ3v) is 6.86. The van der Waals surface area contributed by atoms with Crippen molar-refractivity contribution >= 4 is 15.6 Å². The summed E-state index contributed by atoms with van der Waals surface area (Å²) < 4.78 is 15.7. The summed E-state index contributed by atoms with van der Waals surface area (Å²) in [4.78, 5) is 0.797. The van der Waals surface area contributed by atoms with Crippen molar-refractivity contribution in [3.8, 4) is 0 Å². The number of hydrogen-bond acceptors (Lipinski definition) is 2. The summed E-state index contributed by atoms with van der Waals surface area (Å²) in [6.45, 7) is 7.84. The molecule has 0 aliphatic heterocycles. The van der Waals surface area contributed by atoms with Gasteiger partial charge in [0.1, 0.15) is 0 Å². The van der Waals surface area contributed by atoms with Crippen molar-refractivity contribution in [3.63, 3.8) is 0 Å². The first kappa shape index (κ1) is 19.0. The first-order chi connectivity index (χ1) is 11.4. The Morgan fingerprint density at radius 3 is 2.46 bits per heavy atom. The highest BCUT2D eigenvalue weighted by Crippen LogP contribution is 2.28. The maximum atomic E-state index is 13.6. The Hall–Kier alpha value is -1.36. The average Bonchev–Trinajstić information content (AvgIpc) is 3.04. The summed E-state index contributed by atoms with van der Waals surface area (Å²) in [5.41, 5.74) is 8.19. The fourth-order valence-electron chi connectivity index (χ4n) is 2.97. The van der Waals surface area contributed by atoms with Crippen LogP contribution in [0.5, 0.6) is 0 Å². The molecular weight excluding hydrogens is 316 g/mol. The van der Waals surface area contributed by atoms with Gasteiger partial charge >= 0.3 is 0 Å². The highest BCUT2D eigenvalue weighted by Gasteiger charge is 2.27. The molecule has 0 heterocycles. The third-order valence-electron chi connectivity index (χ3n) is 4.59. The largest absolute Gasteiger partial charge is 0.327 e. The maximum absolute atomic E-state index is 13.6. The van der Waals surface area contributed by atoms with Crippen LogP contribution in [0, 0.1) is 5.92 Å². The van der Waals surface area contributed by atoms with Crippen molar-refractivity contribution < 1.29 is 4.21 Å². The molecule has 2 rings (SSSR count). The topological polar surface area (TPSA) is 46.3 Å². The molecule has 2 atom stereocenters. The SMILES string of the molecule is C=S(=O)(c1ccccc1)N(CCC(C)C)C(C)C1=CC(CN)=CC1. The second kappa shape index (κ2) is 8.15. The number of nitrogens with two attached hydrogens (primary N) is 1. The van der Waals surface area contributed by atoms with Crippen LogP contribution >= 0.6 is 0 Å². The molecule has 0 saturated heterocycles. The van der Waals surface area contributed by atoms with Gasteiger partial charge in [0.05, 0.1) is 9.71 Å². The normalized spacial score (nSPS) is 18.4. The van der Waals surface area contributed by atoms with Crippen LogP contribution in [0.4, 0.5) is 0 Å². The van der Waals surface area contributed by atoms with Crippen molar-refractivity contribution in [2.75, 3.05) is 13.1 Å². The van der Waals surface area contributed by atoms with Crippen molar-refractivity contribution in [2.45, 2.75) is 44.6 Å². The average molecular weight is 347 g/mol. The first-order valence-electron chi connectivity index (χ1n) is 8.65. The molecule has 1 aromatic carbocycles. The Morgan fingerprint density at radius 2 is 1.92 bits per heavy atom. The number of benzene rings is 1. The van der Waals surface area contributed by atoms with Crippen LogP contribution in [0.15, 0.2) is 58.5 Å². The summed E-state index contributed by atoms with van der Waals surface area (Å²) in [5, 5.41) is 0. The molecule has 4 heteroatoms. The van der Waals surface area contributed by atoms with E-state index in [0.29, 0.717) is 12.5 Å². The second-order valence-electron chi connectivity index (χ2n) is 6.86. The number of nitrogens with zero attached hydrogens (tertiary/aromatic N) is 1. The Bertz CT molecular complexity index is 702. The molecule has 1 aliphatic carbocycles. The Balaban J connectivity index is 2.31. The standard InChI is InChI=1S/C20H30N2OS/c1-16(2)12-13-22(17(3)19-11-10-18(14-19)15-21)24(4,23)20-8-6-5-7-9-20/h5-10,14,16-17H,4,11-13,15,21H2,1-3H3. The molecule has 132 valence electrons. The van der Waals surface area contributed by atoms with Gasteiger partial charge in [0.2, 0.25) is 0 Å². The zero-order valence-corrected chi connectivity index (χ0v) is 15.9. The molecule has 0 bridgehead atoms. The molecule has 2 unspecified atom stereocenters. The summed E-state index contributed by atoms with van der Waals surface area (Å²) in [5.74, 6) is 4.69. The van der Waals surface area contributed by atoms with Crippen LogP contribution in [0.3, 0.4) is 0 Å². The van der Waals surface area contributed by atoms with E-state index in [2.05, 4.69) is 43.1 Å². The van der Waals surface area contributed by atoms with E-state index in [1.165, 1.54) is 5.57 Å². The van der Waals surface area contributed by atoms with Gasteiger partial charge in [0.15, 0.2) is 0 Å². The fraction of sp³-hybridized carbons (Fsp3) is 0.450. The van der Waals surface area contributed by atoms with Gasteiger partial charge < -0.3 is 5.73 Å². The zero-order chi connectivity index (χ0) is 17.7. The molecule has 3 nitrogen and oxygen atoms in total. The highest BCUT2D eigenvalue weighted by atomic mass is 32.2. The minimum Gasteiger partial charge on any atom is -0.327 e. The van der Waals surface area contributed by atoms with Gasteiger partial charge in [0.25, 0.3) is 0 Å². The molecule has 0 radical (unpaired) electrons. The number of hydrogen-bond donors (Lipinski definition) is 1. The molecule has 0 aromatic heterocycles. The molecule has 0 amide bonds. The van der Waals surface area contributed by atoms with Gasteiger partial charge in [-0.1, -0.05) is 44.2 Å². The summed E-state index contributed by atoms with van der Waals surface area (Å²) >= 11 is 0. The molecule has 0 fully saturated rings. The van der Waals surface area contributed by atoms with Gasteiger partial charge in [-0.05, 0) is 54.8 Å². The zero-order valence-electron chi connectivity index (χ0n) is 15.1. The van der Waals surface area contributed by atoms with Crippen LogP contribution in [-0.4, -0.2) is 33.5 Å². The van der Waals surface area contributed by atoms with Crippen molar-refractivity contribution in [3.05, 3.63) is 53.6 Å². The monoisotopic (exact) mass is 346 g/mol. The predicted molar refractivity (Wildman–Crippen MR) is 105 cm³/mol. The highest BCUT2D eigenvalue weighted by molar-refractivity contribution is 7.98. The molecule has 1 aromatic rings. The molecular formula is C20H30N2OS. The van der Waals surface area contributed by atoms with Crippen LogP contribution in [0.2, 0.25) is 0 Å². The van der Waals surface area contributed by atoms with E-state index in [-0.39, 0.29) is 6.04 Å². The summed E-state index contributed by atoms with van der Waals surface area (Å²) in [7, 11) is -2.52. The predicted octanol–water partition coefficient (Wildman–Crippen LogP) is 3.63. The lowest BCUT2D eigenvalue weighted by molar-refractivity contribution is 0.358. The quantitative estimate of drug-likeness (QED) is 0.731. The van der Waals surface area contributed by atoms with Gasteiger partial charge in [-0.2, -0.15) is 0 Å². The van der Waals surface area contributed by atoms with E-state index in [9.17, 15) is 4.21 Å². The fourth-order valence-corrected chi connectivity index (χ4v) is 4.87. The lowest BCUT2D eigenvalue weighted by Gasteiger charge is -2.33. The van der Waals surface area contributed by atoms with Crippen molar-refractivity contribution in [1.29, 1.82) is 0 Å². The summed E-state index contributed by atoms with van der Waals surface area (Å²) in [6.07, 6.45) is 6.21. The molecule has 1 aliphatic rings. The molecule has 0 saturated carbocycles. The minimum atomic E-state index is -2.52. The van der Waals surface area contributed by atoms with Gasteiger partial charge in [-0.15, -0.1) is 0 Å². The lowest BCUT2D eigenvalue weighted by Crippen LogP contribution is -2.40. The lowest BCUT2D eigenvalue weighted by atomic mass is 10.1. The Labute approximate surface area is 147 Å². The molecule has 24 heavy (non-hydrogen) atoms. The Morgan fingerprint density at radius 1 is 1.25 bits per heavy atom. The Kier molecular flexibility index (Phi) is 6.44. The van der Waals surface area contributed by atoms with E-state index in [4.69, 9.17) is 5.73 Å². The van der Waals surface area contributed by atoms with Gasteiger partial charge in [0, 0.05) is 24.0 Å². The van der Waals surface area contributed by atoms with E-state index < -0.39 is 9.71 Å². The maximum Gasteiger partial charge on any atom is 0.0563 e. The van der Waals surface area contributed by atoms with Gasteiger partial charge in [-0.25, -0.2) is 8.51 Å². The van der Waals surface area contributed by atoms with Crippen LogP contribution < -0.4 is 5.73 Å². The van der Waals surface area contributed by atoms with E-state index in [1.54, 1.807) is 0 Å². The van der Waals surface area contributed by atoms with Gasteiger partial charge in [-0.3, -0.25) is 0 Å². The minimum absolute atomic E-state index is 0.0780. The number of rotatable bonds is 8. The van der Waals surface area contributed by atoms with E-state index >= 15 is 0 Å². The third kappa shape index (κ3) is 4.38. The van der Waals surface area contributed by atoms with Crippen LogP contribution in [0.1, 0.15) is 33.6 Å². The molecule has 0 spiro atoms. The van der Waals surface area contributed by atoms with E-state index in [1.807, 2.05) is 30.3 Å². The summed E-state index contributed by atoms with van der Waals surface area (Å²) in [6, 6.07) is 9.70. The second-order valence-corrected chi connectivity index (χ2v) is 9.08. The van der Waals surface area contributed by atoms with Crippen molar-refractivity contribution in [1.82, 2.24) is 4.31 Å². The first-order valence-corrected chi connectivity index (χ1v) is 10.3. The van der Waals surface area contributed by atoms with E-state index in [0.717, 1.165) is 29.9 Å². The van der Waals surface area contributed by atoms with Crippen molar-refractivity contribution in [2.24, 2.45) is 11.7 Å². The van der Waals surface area contributed by atoms with Crippen LogP contribution in [-0.2, 0) is 9.71 Å².